The molecule has 0 amide bonds. The molecule has 5 saturated heterocycles. The van der Waals surface area contributed by atoms with Gasteiger partial charge < -0.3 is 163 Å². The van der Waals surface area contributed by atoms with Gasteiger partial charge >= 0.3 is 112 Å². The second kappa shape index (κ2) is 45.8. The van der Waals surface area contributed by atoms with Crippen LogP contribution in [0.25, 0.3) is 0 Å². The van der Waals surface area contributed by atoms with Gasteiger partial charge in [0.1, 0.15) is 12.2 Å². The van der Waals surface area contributed by atoms with Crippen LogP contribution in [-0.4, -0.2) is 285 Å². The van der Waals surface area contributed by atoms with Gasteiger partial charge in [0.05, 0.1) is 39.6 Å². The van der Waals surface area contributed by atoms with E-state index in [4.69, 9.17) is 89.3 Å². The van der Waals surface area contributed by atoms with Crippen LogP contribution in [0.1, 0.15) is 52.4 Å². The van der Waals surface area contributed by atoms with E-state index in [2.05, 4.69) is 23.8 Å². The summed E-state index contributed by atoms with van der Waals surface area (Å²) in [7, 11) is -53.9. The number of hydrogen-bond donors (Lipinski definition) is 17. The predicted octanol–water partition coefficient (Wildman–Crippen LogP) is -2.88. The van der Waals surface area contributed by atoms with Crippen molar-refractivity contribution < 1.29 is 145 Å². The van der Waals surface area contributed by atoms with E-state index in [-0.39, 0.29) is 124 Å². The van der Waals surface area contributed by atoms with Crippen LogP contribution < -0.4 is 53.2 Å². The highest BCUT2D eigenvalue weighted by Crippen LogP contribution is 2.36. The number of hydrogen-bond acceptors (Lipinski definition) is 36. The van der Waals surface area contributed by atoms with E-state index < -0.39 is 118 Å². The molecule has 5 aliphatic heterocycles. The molecule has 6 aromatic carbocycles. The van der Waals surface area contributed by atoms with Crippen molar-refractivity contribution >= 4 is 143 Å². The fourth-order valence-electron chi connectivity index (χ4n) is 12.2. The molecule has 15 unspecified atom stereocenters. The van der Waals surface area contributed by atoms with Crippen molar-refractivity contribution in [2.75, 3.05) is 92.1 Å². The molecular weight excluding hydrogens is 1770 g/mol. The van der Waals surface area contributed by atoms with Crippen LogP contribution in [0, 0.1) is 0 Å². The van der Waals surface area contributed by atoms with E-state index >= 15 is 0 Å². The van der Waals surface area contributed by atoms with Crippen molar-refractivity contribution in [2.24, 2.45) is 11.5 Å². The first-order valence-electron chi connectivity index (χ1n) is 39.5. The highest BCUT2D eigenvalue weighted by molar-refractivity contribution is 6.98. The van der Waals surface area contributed by atoms with Gasteiger partial charge in [0.25, 0.3) is 0 Å². The third kappa shape index (κ3) is 30.9. The zero-order valence-electron chi connectivity index (χ0n) is 67.1. The minimum atomic E-state index is -4.68. The molecule has 11 rings (SSSR count). The van der Waals surface area contributed by atoms with Crippen LogP contribution in [0.15, 0.2) is 206 Å². The molecule has 48 heteroatoms. The number of carbonyl (C=O) groups excluding carboxylic acids is 1. The number of aliphatic hydroxyl groups is 1. The Morgan fingerprint density at radius 1 is 0.375 bits per heavy atom. The molecule has 15 atom stereocenters. The largest absolute Gasteiger partial charge is 0.520 e. The lowest BCUT2D eigenvalue weighted by atomic mass is 10.3. The molecule has 5 heterocycles. The highest BCUT2D eigenvalue weighted by atomic mass is 28.6. The maximum atomic E-state index is 11.9. The average Bonchev–Trinajstić information content (AvgIpc) is 1.34. The van der Waals surface area contributed by atoms with Crippen molar-refractivity contribution in [3.63, 3.8) is 0 Å². The fourth-order valence-corrected chi connectivity index (χ4v) is 57.4. The van der Waals surface area contributed by atoms with Crippen molar-refractivity contribution in [2.45, 2.75) is 107 Å². The van der Waals surface area contributed by atoms with Crippen LogP contribution >= 0.6 is 0 Å². The Kier molecular flexibility index (Phi) is 37.9. The number of benzene rings is 6. The van der Waals surface area contributed by atoms with Crippen molar-refractivity contribution in [3.05, 3.63) is 206 Å². The van der Waals surface area contributed by atoms with Gasteiger partial charge in [-0.2, -0.15) is 0 Å². The van der Waals surface area contributed by atoms with Crippen molar-refractivity contribution in [3.8, 4) is 0 Å². The van der Waals surface area contributed by atoms with Gasteiger partial charge in [0, 0.05) is 112 Å². The van der Waals surface area contributed by atoms with Crippen LogP contribution in [0.4, 0.5) is 0 Å². The number of esters is 1. The molecule has 0 radical (unpaired) electrons. The molecule has 120 heavy (non-hydrogen) atoms. The summed E-state index contributed by atoms with van der Waals surface area (Å²) in [6.45, 7) is 16.0. The molecule has 662 valence electrons. The van der Waals surface area contributed by atoms with E-state index in [0.717, 1.165) is 0 Å². The maximum absolute atomic E-state index is 11.9. The van der Waals surface area contributed by atoms with Crippen LogP contribution in [0.2, 0.25) is 36.3 Å². The number of carbonyl (C=O) groups is 1. The van der Waals surface area contributed by atoms with Gasteiger partial charge in [-0.05, 0) is 71.0 Å². The summed E-state index contributed by atoms with van der Waals surface area (Å²) in [4.78, 5) is 153. The first kappa shape index (κ1) is 99.3. The monoisotopic (exact) mass is 1880 g/mol. The lowest BCUT2D eigenvalue weighted by Crippen LogP contribution is -2.76. The van der Waals surface area contributed by atoms with E-state index in [1.54, 1.807) is 165 Å². The Labute approximate surface area is 711 Å². The van der Waals surface area contributed by atoms with Crippen LogP contribution in [-0.2, 0) is 82.6 Å². The van der Waals surface area contributed by atoms with Crippen LogP contribution in [0.5, 0.6) is 0 Å². The summed E-state index contributed by atoms with van der Waals surface area (Å²) in [6.07, 6.45) is 0.594. The number of nitrogens with one attached hydrogen (secondary N) is 2. The normalized spacial score (nSPS) is 31.4. The van der Waals surface area contributed by atoms with Gasteiger partial charge in [-0.3, -0.25) is 0 Å². The second-order valence-electron chi connectivity index (χ2n) is 28.9. The van der Waals surface area contributed by atoms with Gasteiger partial charge in [-0.25, -0.2) is 4.79 Å². The third-order valence-corrected chi connectivity index (χ3v) is 59.1. The van der Waals surface area contributed by atoms with Crippen molar-refractivity contribution in [1.82, 2.24) is 10.6 Å². The number of aliphatic hydroxyl groups excluding tert-OH is 1. The number of epoxide rings is 2. The average molecular weight is 1880 g/mol. The molecule has 0 aliphatic carbocycles. The minimum absolute atomic E-state index is 0.0193. The number of rotatable bonds is 41. The van der Waals surface area contributed by atoms with Gasteiger partial charge in [0.2, 0.25) is 0 Å². The second-order valence-corrected chi connectivity index (χ2v) is 60.7. The molecule has 6 aromatic rings. The standard InChI is InChI=1S/C26H38O12Si4.C24H36O12Si4.C22H40N4O8Si4/c1-21(2)25(27)33-17-11-19-39(29)35-40(30,20-12-18-34-26(28)22(3)4)37-42(32,24-15-9-6-10-16-24)38-41(31,36-39)23-13-7-5-8-14-23;25-37(15-7-13-29-17-21-19-31-21)33-38(26,16-8-14-30-18-22-20-32-22)35-40(28,24-11-5-2-6-12-24)36-39(27,34-37)23-9-3-1-4-10-23;23-13-17-25-15-7-19-35(27)31-36(28,20-8-16-26-18-14-24)33-38(30,22-11-5-2-6-12-22)34-37(29,32-35)21-9-3-1-4-10-21/h5-10,13-16,25,27,29-32H,1,3,11-12,17-20H2,2,4H3;1-6,9-12,21-22,25-28H,7-8,13-20H2;1-6,9-12,25-30H,7-8,13-20,23-24H2. The molecule has 0 bridgehead atoms. The topological polar surface area (TPSA) is 529 Å². The van der Waals surface area contributed by atoms with E-state index in [9.17, 15) is 67.4 Å². The van der Waals surface area contributed by atoms with Gasteiger partial charge in [-0.1, -0.05) is 195 Å². The number of ether oxygens (including phenoxy) is 6. The SMILES string of the molecule is C=C(C)C(=O)OCCC[Si]1(O)O[Si](O)(CCCOC(O)C(=C)C)O[Si](O)(c2ccccc2)O[Si](O)(c2ccccc2)O1.NCCNCCC[Si]1(O)O[Si](O)(CCCNCCN)O[Si](O)(c2ccccc2)O[Si](O)(c2ccccc2)O1.O[Si]1(CCCOCC2CO2)O[Si](O)(CCCOCC2CO2)O[Si](O)(c2ccccc2)O[Si](O)(c2ccccc2)O1. The number of nitrogens with two attached hydrogens (primary N) is 2. The summed E-state index contributed by atoms with van der Waals surface area (Å²) >= 11 is 0. The zero-order chi connectivity index (χ0) is 86.7. The smallest absolute Gasteiger partial charge is 0.462 e. The van der Waals surface area contributed by atoms with Gasteiger partial charge in [-0.15, -0.1) is 0 Å². The van der Waals surface area contributed by atoms with E-state index in [1.807, 2.05) is 0 Å². The minimum Gasteiger partial charge on any atom is -0.462 e. The highest BCUT2D eigenvalue weighted by Gasteiger charge is 2.69. The first-order chi connectivity index (χ1) is 57.0. The third-order valence-electron chi connectivity index (χ3n) is 18.3. The summed E-state index contributed by atoms with van der Waals surface area (Å²) in [5.41, 5.74) is 11.6. The summed E-state index contributed by atoms with van der Waals surface area (Å²) < 4.78 is 104. The quantitative estimate of drug-likeness (QED) is 0.00349. The lowest BCUT2D eigenvalue weighted by molar-refractivity contribution is -0.139. The fraction of sp³-hybridized carbons (Fsp3) is 0.431. The Morgan fingerprint density at radius 3 is 0.850 bits per heavy atom. The Hall–Kier alpha value is -4.49. The van der Waals surface area contributed by atoms with Crippen molar-refractivity contribution in [1.29, 1.82) is 0 Å². The molecule has 0 aromatic heterocycles. The summed E-state index contributed by atoms with van der Waals surface area (Å²) in [5, 5.41) is 17.5. The maximum Gasteiger partial charge on any atom is 0.520 e. The summed E-state index contributed by atoms with van der Waals surface area (Å²) in [5.74, 6) is -0.619. The Bertz CT molecular complexity index is 3950. The summed E-state index contributed by atoms with van der Waals surface area (Å²) in [6, 6.07) is 48.7. The molecule has 5 aliphatic rings. The first-order valence-corrected chi connectivity index (χ1v) is 61.9. The zero-order valence-corrected chi connectivity index (χ0v) is 79.1. The van der Waals surface area contributed by atoms with Gasteiger partial charge in [0.15, 0.2) is 6.29 Å². The van der Waals surface area contributed by atoms with E-state index in [1.165, 1.54) is 31.2 Å². The molecule has 19 N–H and O–H groups in total. The van der Waals surface area contributed by atoms with Crippen LogP contribution in [0.3, 0.4) is 0 Å². The lowest BCUT2D eigenvalue weighted by Gasteiger charge is -2.44. The van der Waals surface area contributed by atoms with E-state index in [0.29, 0.717) is 97.0 Å². The molecule has 5 fully saturated rings. The molecule has 0 saturated carbocycles. The molecule has 0 spiro atoms. The predicted molar refractivity (Wildman–Crippen MR) is 459 cm³/mol. The Balaban J connectivity index is 0.000000205. The Morgan fingerprint density at radius 2 is 0.617 bits per heavy atom. The molecule has 36 nitrogen and oxygen atoms in total. The molecular formula is C72H114N4O32Si12.